The number of pyridine rings is 1. The summed E-state index contributed by atoms with van der Waals surface area (Å²) < 4.78 is 0. The molecular formula is C14H23N3O2. The average molecular weight is 265 g/mol. The third-order valence-corrected chi connectivity index (χ3v) is 2.89. The molecule has 1 rings (SSSR count). The lowest BCUT2D eigenvalue weighted by atomic mass is 10.2. The van der Waals surface area contributed by atoms with Gasteiger partial charge in [0.05, 0.1) is 5.56 Å². The number of aliphatic hydroxyl groups excluding tert-OH is 1. The van der Waals surface area contributed by atoms with E-state index in [0.717, 1.165) is 5.82 Å². The van der Waals surface area contributed by atoms with E-state index in [1.807, 2.05) is 38.9 Å². The zero-order valence-corrected chi connectivity index (χ0v) is 12.1. The van der Waals surface area contributed by atoms with Crippen LogP contribution in [0, 0.1) is 0 Å². The van der Waals surface area contributed by atoms with Gasteiger partial charge in [0.25, 0.3) is 5.91 Å². The molecule has 1 N–H and O–H groups in total. The molecule has 0 aliphatic carbocycles. The molecule has 5 nitrogen and oxygen atoms in total. The molecule has 1 aromatic heterocycles. The monoisotopic (exact) mass is 265 g/mol. The molecule has 0 saturated carbocycles. The number of amides is 1. The van der Waals surface area contributed by atoms with Crippen molar-refractivity contribution in [2.24, 2.45) is 0 Å². The number of rotatable bonds is 6. The van der Waals surface area contributed by atoms with Crippen molar-refractivity contribution in [2.45, 2.75) is 26.3 Å². The summed E-state index contributed by atoms with van der Waals surface area (Å²) in [5.74, 6) is 0.782. The molecule has 0 atom stereocenters. The maximum atomic E-state index is 12.4. The van der Waals surface area contributed by atoms with Gasteiger partial charge >= 0.3 is 0 Å². The van der Waals surface area contributed by atoms with Crippen molar-refractivity contribution < 1.29 is 9.90 Å². The average Bonchev–Trinajstić information content (AvgIpc) is 2.38. The van der Waals surface area contributed by atoms with Gasteiger partial charge in [0.15, 0.2) is 0 Å². The molecular weight excluding hydrogens is 242 g/mol. The highest BCUT2D eigenvalue weighted by atomic mass is 16.3. The summed E-state index contributed by atoms with van der Waals surface area (Å²) in [7, 11) is 3.82. The minimum absolute atomic E-state index is 0.0405. The first-order valence-corrected chi connectivity index (χ1v) is 6.52. The Morgan fingerprint density at radius 2 is 2.05 bits per heavy atom. The first kappa shape index (κ1) is 15.4. The highest BCUT2D eigenvalue weighted by Gasteiger charge is 2.18. The van der Waals surface area contributed by atoms with Gasteiger partial charge in [-0.05, 0) is 32.4 Å². The Bertz CT molecular complexity index is 402. The molecule has 1 aromatic rings. The third kappa shape index (κ3) is 4.21. The predicted molar refractivity (Wildman–Crippen MR) is 76.4 cm³/mol. The fraction of sp³-hybridized carbons (Fsp3) is 0.571. The summed E-state index contributed by atoms with van der Waals surface area (Å²) in [5, 5.41) is 8.89. The Hall–Kier alpha value is -1.62. The van der Waals surface area contributed by atoms with Crippen LogP contribution in [0.4, 0.5) is 5.82 Å². The predicted octanol–water partition coefficient (Wildman–Crippen LogP) is 1.38. The van der Waals surface area contributed by atoms with Crippen LogP contribution in [0.2, 0.25) is 0 Å². The second kappa shape index (κ2) is 7.09. The minimum atomic E-state index is -0.0405. The number of carbonyl (C=O) groups excluding carboxylic acids is 1. The van der Waals surface area contributed by atoms with Crippen molar-refractivity contribution in [3.05, 3.63) is 23.9 Å². The molecule has 1 heterocycles. The zero-order chi connectivity index (χ0) is 14.4. The van der Waals surface area contributed by atoms with Gasteiger partial charge in [-0.2, -0.15) is 0 Å². The largest absolute Gasteiger partial charge is 0.396 e. The highest BCUT2D eigenvalue weighted by molar-refractivity contribution is 5.94. The van der Waals surface area contributed by atoms with E-state index < -0.39 is 0 Å². The van der Waals surface area contributed by atoms with Gasteiger partial charge in [-0.15, -0.1) is 0 Å². The van der Waals surface area contributed by atoms with Crippen molar-refractivity contribution >= 4 is 11.7 Å². The van der Waals surface area contributed by atoms with Crippen molar-refractivity contribution in [3.8, 4) is 0 Å². The van der Waals surface area contributed by atoms with Gasteiger partial charge in [-0.25, -0.2) is 4.98 Å². The van der Waals surface area contributed by atoms with Gasteiger partial charge in [0.1, 0.15) is 5.82 Å². The van der Waals surface area contributed by atoms with Gasteiger partial charge in [-0.1, -0.05) is 0 Å². The van der Waals surface area contributed by atoms with Crippen LogP contribution in [0.5, 0.6) is 0 Å². The lowest BCUT2D eigenvalue weighted by Crippen LogP contribution is -2.38. The van der Waals surface area contributed by atoms with Crippen LogP contribution in [0.25, 0.3) is 0 Å². The summed E-state index contributed by atoms with van der Waals surface area (Å²) in [4.78, 5) is 20.3. The van der Waals surface area contributed by atoms with E-state index in [1.165, 1.54) is 0 Å². The smallest absolute Gasteiger partial charge is 0.255 e. The SMILES string of the molecule is CC(C)N(CCCO)C(=O)c1ccc(N(C)C)nc1. The molecule has 19 heavy (non-hydrogen) atoms. The number of nitrogens with zero attached hydrogens (tertiary/aromatic N) is 3. The molecule has 0 saturated heterocycles. The van der Waals surface area contributed by atoms with E-state index in [0.29, 0.717) is 18.5 Å². The van der Waals surface area contributed by atoms with Crippen molar-refractivity contribution in [1.82, 2.24) is 9.88 Å². The van der Waals surface area contributed by atoms with Crippen LogP contribution in [0.15, 0.2) is 18.3 Å². The standard InChI is InChI=1S/C14H23N3O2/c1-11(2)17(8-5-9-18)14(19)12-6-7-13(15-10-12)16(3)4/h6-7,10-11,18H,5,8-9H2,1-4H3. The first-order valence-electron chi connectivity index (χ1n) is 6.52. The maximum absolute atomic E-state index is 12.4. The molecule has 106 valence electrons. The molecule has 0 aliphatic rings. The summed E-state index contributed by atoms with van der Waals surface area (Å²) in [5.41, 5.74) is 0.581. The number of carbonyl (C=O) groups is 1. The van der Waals surface area contributed by atoms with E-state index in [9.17, 15) is 4.79 Å². The van der Waals surface area contributed by atoms with Gasteiger partial charge in [0, 0.05) is 39.5 Å². The van der Waals surface area contributed by atoms with Gasteiger partial charge < -0.3 is 14.9 Å². The lowest BCUT2D eigenvalue weighted by Gasteiger charge is -2.26. The molecule has 5 heteroatoms. The fourth-order valence-electron chi connectivity index (χ4n) is 1.78. The topological polar surface area (TPSA) is 56.7 Å². The summed E-state index contributed by atoms with van der Waals surface area (Å²) >= 11 is 0. The van der Waals surface area contributed by atoms with E-state index in [2.05, 4.69) is 4.98 Å². The van der Waals surface area contributed by atoms with Crippen molar-refractivity contribution in [1.29, 1.82) is 0 Å². The molecule has 0 aromatic carbocycles. The number of hydrogen-bond acceptors (Lipinski definition) is 4. The van der Waals surface area contributed by atoms with E-state index >= 15 is 0 Å². The molecule has 0 unspecified atom stereocenters. The van der Waals surface area contributed by atoms with E-state index in [-0.39, 0.29) is 18.6 Å². The summed E-state index contributed by atoms with van der Waals surface area (Å²) in [6.07, 6.45) is 2.19. The Balaban J connectivity index is 2.84. The van der Waals surface area contributed by atoms with Crippen LogP contribution in [-0.4, -0.2) is 54.2 Å². The molecule has 1 amide bonds. The quantitative estimate of drug-likeness (QED) is 0.844. The van der Waals surface area contributed by atoms with Crippen LogP contribution < -0.4 is 4.90 Å². The van der Waals surface area contributed by atoms with Gasteiger partial charge in [-0.3, -0.25) is 4.79 Å². The summed E-state index contributed by atoms with van der Waals surface area (Å²) in [6.45, 7) is 4.59. The molecule has 0 radical (unpaired) electrons. The number of anilines is 1. The maximum Gasteiger partial charge on any atom is 0.255 e. The fourth-order valence-corrected chi connectivity index (χ4v) is 1.78. The Kier molecular flexibility index (Phi) is 5.76. The number of hydrogen-bond donors (Lipinski definition) is 1. The minimum Gasteiger partial charge on any atom is -0.396 e. The highest BCUT2D eigenvalue weighted by Crippen LogP contribution is 2.12. The Labute approximate surface area is 114 Å². The van der Waals surface area contributed by atoms with Crippen LogP contribution in [-0.2, 0) is 0 Å². The van der Waals surface area contributed by atoms with Crippen molar-refractivity contribution in [3.63, 3.8) is 0 Å². The Morgan fingerprint density at radius 1 is 1.37 bits per heavy atom. The lowest BCUT2D eigenvalue weighted by molar-refractivity contribution is 0.0692. The second-order valence-corrected chi connectivity index (χ2v) is 4.97. The van der Waals surface area contributed by atoms with Gasteiger partial charge in [0.2, 0.25) is 0 Å². The molecule has 0 aliphatic heterocycles. The Morgan fingerprint density at radius 3 is 2.47 bits per heavy atom. The van der Waals surface area contributed by atoms with Crippen LogP contribution >= 0.6 is 0 Å². The van der Waals surface area contributed by atoms with Crippen LogP contribution in [0.1, 0.15) is 30.6 Å². The van der Waals surface area contributed by atoms with E-state index in [1.54, 1.807) is 17.2 Å². The van der Waals surface area contributed by atoms with E-state index in [4.69, 9.17) is 5.11 Å². The van der Waals surface area contributed by atoms with Crippen LogP contribution in [0.3, 0.4) is 0 Å². The third-order valence-electron chi connectivity index (χ3n) is 2.89. The molecule has 0 spiro atoms. The van der Waals surface area contributed by atoms with Crippen molar-refractivity contribution in [2.75, 3.05) is 32.1 Å². The normalized spacial score (nSPS) is 10.6. The second-order valence-electron chi connectivity index (χ2n) is 4.97. The zero-order valence-electron chi connectivity index (χ0n) is 12.1. The number of aliphatic hydroxyl groups is 1. The first-order chi connectivity index (χ1) is 8.97. The number of aromatic nitrogens is 1. The molecule has 0 bridgehead atoms. The summed E-state index contributed by atoms with van der Waals surface area (Å²) in [6, 6.07) is 3.73. The molecule has 0 fully saturated rings.